The first-order chi connectivity index (χ1) is 12.1. The molecule has 25 heavy (non-hydrogen) atoms. The number of ether oxygens (including phenoxy) is 1. The lowest BCUT2D eigenvalue weighted by Crippen LogP contribution is -2.49. The number of benzene rings is 2. The molecule has 0 spiro atoms. The van der Waals surface area contributed by atoms with E-state index in [0.717, 1.165) is 25.4 Å². The number of hydrogen-bond donors (Lipinski definition) is 1. The molecule has 6 heteroatoms. The van der Waals surface area contributed by atoms with E-state index in [1.165, 1.54) is 17.7 Å². The van der Waals surface area contributed by atoms with Crippen LogP contribution in [0.25, 0.3) is 0 Å². The van der Waals surface area contributed by atoms with Crippen LogP contribution in [-0.2, 0) is 6.54 Å². The maximum atomic E-state index is 13.2. The van der Waals surface area contributed by atoms with Gasteiger partial charge >= 0.3 is 6.03 Å². The lowest BCUT2D eigenvalue weighted by atomic mass is 10.2. The van der Waals surface area contributed by atoms with E-state index in [0.29, 0.717) is 18.8 Å². The number of piperazine rings is 1. The van der Waals surface area contributed by atoms with Crippen LogP contribution in [0.3, 0.4) is 0 Å². The fourth-order valence-corrected chi connectivity index (χ4v) is 2.87. The van der Waals surface area contributed by atoms with Gasteiger partial charge in [-0.25, -0.2) is 9.18 Å². The van der Waals surface area contributed by atoms with Gasteiger partial charge in [0.25, 0.3) is 0 Å². The van der Waals surface area contributed by atoms with E-state index < -0.39 is 0 Å². The molecule has 0 bridgehead atoms. The summed E-state index contributed by atoms with van der Waals surface area (Å²) in [4.78, 5) is 16.3. The van der Waals surface area contributed by atoms with Gasteiger partial charge in [0.15, 0.2) is 0 Å². The Labute approximate surface area is 147 Å². The number of carbonyl (C=O) groups is 1. The summed E-state index contributed by atoms with van der Waals surface area (Å²) in [6.45, 7) is 3.77. The molecule has 1 saturated heterocycles. The van der Waals surface area contributed by atoms with Crippen LogP contribution in [0.1, 0.15) is 5.56 Å². The standard InChI is InChI=1S/C19H22FN3O2/c1-25-18-7-5-15(6-8-18)14-22-9-11-23(12-10-22)19(24)21-17-4-2-3-16(20)13-17/h2-8,13H,9-12,14H2,1H3,(H,21,24). The third-order valence-electron chi connectivity index (χ3n) is 4.30. The molecule has 1 heterocycles. The summed E-state index contributed by atoms with van der Waals surface area (Å²) in [5.41, 5.74) is 1.70. The molecular weight excluding hydrogens is 321 g/mol. The highest BCUT2D eigenvalue weighted by molar-refractivity contribution is 5.89. The zero-order valence-corrected chi connectivity index (χ0v) is 14.2. The molecule has 1 N–H and O–H groups in total. The molecule has 2 amide bonds. The van der Waals surface area contributed by atoms with Crippen LogP contribution in [0.2, 0.25) is 0 Å². The van der Waals surface area contributed by atoms with Crippen LogP contribution in [0.15, 0.2) is 48.5 Å². The summed E-state index contributed by atoms with van der Waals surface area (Å²) in [5.74, 6) is 0.490. The van der Waals surface area contributed by atoms with Gasteiger partial charge in [-0.05, 0) is 35.9 Å². The first-order valence-electron chi connectivity index (χ1n) is 8.31. The predicted molar refractivity (Wildman–Crippen MR) is 95.3 cm³/mol. The first-order valence-corrected chi connectivity index (χ1v) is 8.31. The fourth-order valence-electron chi connectivity index (χ4n) is 2.87. The summed E-state index contributed by atoms with van der Waals surface area (Å²) < 4.78 is 18.4. The van der Waals surface area contributed by atoms with Gasteiger partial charge in [0.05, 0.1) is 7.11 Å². The fraction of sp³-hybridized carbons (Fsp3) is 0.316. The molecule has 3 rings (SSSR count). The zero-order chi connectivity index (χ0) is 17.6. The molecule has 132 valence electrons. The number of nitrogens with one attached hydrogen (secondary N) is 1. The number of methoxy groups -OCH3 is 1. The number of urea groups is 1. The highest BCUT2D eigenvalue weighted by Gasteiger charge is 2.21. The van der Waals surface area contributed by atoms with E-state index in [1.807, 2.05) is 12.1 Å². The second kappa shape index (κ2) is 7.98. The molecular formula is C19H22FN3O2. The van der Waals surface area contributed by atoms with E-state index in [4.69, 9.17) is 4.74 Å². The Morgan fingerprint density at radius 2 is 1.84 bits per heavy atom. The lowest BCUT2D eigenvalue weighted by Gasteiger charge is -2.34. The van der Waals surface area contributed by atoms with Crippen LogP contribution in [0.5, 0.6) is 5.75 Å². The molecule has 0 saturated carbocycles. The van der Waals surface area contributed by atoms with Gasteiger partial charge in [0, 0.05) is 38.4 Å². The molecule has 0 aliphatic carbocycles. The van der Waals surface area contributed by atoms with Crippen molar-refractivity contribution >= 4 is 11.7 Å². The van der Waals surface area contributed by atoms with Crippen LogP contribution < -0.4 is 10.1 Å². The molecule has 1 aliphatic heterocycles. The number of anilines is 1. The van der Waals surface area contributed by atoms with Crippen molar-refractivity contribution in [2.24, 2.45) is 0 Å². The largest absolute Gasteiger partial charge is 0.497 e. The summed E-state index contributed by atoms with van der Waals surface area (Å²) in [7, 11) is 1.66. The van der Waals surface area contributed by atoms with Gasteiger partial charge < -0.3 is 15.0 Å². The highest BCUT2D eigenvalue weighted by Crippen LogP contribution is 2.15. The quantitative estimate of drug-likeness (QED) is 0.927. The number of rotatable bonds is 4. The highest BCUT2D eigenvalue weighted by atomic mass is 19.1. The number of hydrogen-bond acceptors (Lipinski definition) is 3. The molecule has 1 fully saturated rings. The Morgan fingerprint density at radius 3 is 2.48 bits per heavy atom. The van der Waals surface area contributed by atoms with E-state index in [1.54, 1.807) is 24.1 Å². The average molecular weight is 343 g/mol. The van der Waals surface area contributed by atoms with Gasteiger partial charge in [-0.2, -0.15) is 0 Å². The Morgan fingerprint density at radius 1 is 1.12 bits per heavy atom. The summed E-state index contributed by atoms with van der Waals surface area (Å²) in [5, 5.41) is 2.74. The third-order valence-corrected chi connectivity index (χ3v) is 4.30. The lowest BCUT2D eigenvalue weighted by molar-refractivity contribution is 0.143. The number of halogens is 1. The van der Waals surface area contributed by atoms with Crippen LogP contribution in [0.4, 0.5) is 14.9 Å². The molecule has 2 aromatic carbocycles. The van der Waals surface area contributed by atoms with E-state index >= 15 is 0 Å². The van der Waals surface area contributed by atoms with Crippen molar-refractivity contribution < 1.29 is 13.9 Å². The van der Waals surface area contributed by atoms with E-state index in [9.17, 15) is 9.18 Å². The monoisotopic (exact) mass is 343 g/mol. The van der Waals surface area contributed by atoms with Gasteiger partial charge in [-0.1, -0.05) is 18.2 Å². The van der Waals surface area contributed by atoms with Crippen molar-refractivity contribution in [3.63, 3.8) is 0 Å². The minimum absolute atomic E-state index is 0.185. The van der Waals surface area contributed by atoms with Crippen molar-refractivity contribution in [2.45, 2.75) is 6.54 Å². The van der Waals surface area contributed by atoms with Crippen LogP contribution in [0, 0.1) is 5.82 Å². The number of carbonyl (C=O) groups excluding carboxylic acids is 1. The van der Waals surface area contributed by atoms with Crippen molar-refractivity contribution in [3.05, 3.63) is 59.9 Å². The molecule has 0 unspecified atom stereocenters. The average Bonchev–Trinajstić information content (AvgIpc) is 2.63. The molecule has 0 radical (unpaired) electrons. The van der Waals surface area contributed by atoms with Crippen LogP contribution >= 0.6 is 0 Å². The maximum absolute atomic E-state index is 13.2. The molecule has 0 atom stereocenters. The molecule has 2 aromatic rings. The van der Waals surface area contributed by atoms with Gasteiger partial charge in [-0.3, -0.25) is 4.90 Å². The summed E-state index contributed by atoms with van der Waals surface area (Å²) in [6, 6.07) is 13.8. The van der Waals surface area contributed by atoms with Crippen LogP contribution in [-0.4, -0.2) is 49.1 Å². The molecule has 5 nitrogen and oxygen atoms in total. The maximum Gasteiger partial charge on any atom is 0.321 e. The summed E-state index contributed by atoms with van der Waals surface area (Å²) >= 11 is 0. The topological polar surface area (TPSA) is 44.8 Å². The van der Waals surface area contributed by atoms with Gasteiger partial charge in [0.2, 0.25) is 0 Å². The SMILES string of the molecule is COc1ccc(CN2CCN(C(=O)Nc3cccc(F)c3)CC2)cc1. The minimum atomic E-state index is -0.359. The van der Waals surface area contributed by atoms with Crippen molar-refractivity contribution in [3.8, 4) is 5.75 Å². The normalized spacial score (nSPS) is 15.0. The molecule has 0 aromatic heterocycles. The second-order valence-electron chi connectivity index (χ2n) is 6.05. The smallest absolute Gasteiger partial charge is 0.321 e. The van der Waals surface area contributed by atoms with E-state index in [-0.39, 0.29) is 11.8 Å². The number of nitrogens with zero attached hydrogens (tertiary/aromatic N) is 2. The van der Waals surface area contributed by atoms with Crippen molar-refractivity contribution in [2.75, 3.05) is 38.6 Å². The summed E-state index contributed by atoms with van der Waals surface area (Å²) in [6.07, 6.45) is 0. The Balaban J connectivity index is 1.48. The first kappa shape index (κ1) is 17.2. The van der Waals surface area contributed by atoms with Gasteiger partial charge in [-0.15, -0.1) is 0 Å². The minimum Gasteiger partial charge on any atom is -0.497 e. The molecule has 1 aliphatic rings. The Kier molecular flexibility index (Phi) is 5.50. The zero-order valence-electron chi connectivity index (χ0n) is 14.2. The Hall–Kier alpha value is -2.60. The second-order valence-corrected chi connectivity index (χ2v) is 6.05. The number of amides is 2. The van der Waals surface area contributed by atoms with Crippen molar-refractivity contribution in [1.82, 2.24) is 9.80 Å². The van der Waals surface area contributed by atoms with E-state index in [2.05, 4.69) is 22.3 Å². The van der Waals surface area contributed by atoms with Crippen molar-refractivity contribution in [1.29, 1.82) is 0 Å². The van der Waals surface area contributed by atoms with Gasteiger partial charge in [0.1, 0.15) is 11.6 Å². The predicted octanol–water partition coefficient (Wildman–Crippen LogP) is 3.18. The third kappa shape index (κ3) is 4.70. The Bertz CT molecular complexity index is 713.